The number of ether oxygens (including phenoxy) is 1. The van der Waals surface area contributed by atoms with Crippen LogP contribution in [0.1, 0.15) is 26.8 Å². The molecule has 2 heterocycles. The van der Waals surface area contributed by atoms with Crippen LogP contribution in [0.3, 0.4) is 0 Å². The number of pyridine rings is 1. The summed E-state index contributed by atoms with van der Waals surface area (Å²) in [6.45, 7) is -0.479. The Morgan fingerprint density at radius 3 is 2.63 bits per heavy atom. The number of nitrogens with one attached hydrogen (secondary N) is 1. The predicted molar refractivity (Wildman–Crippen MR) is 100 cm³/mol. The van der Waals surface area contributed by atoms with E-state index in [0.717, 1.165) is 4.88 Å². The Morgan fingerprint density at radius 1 is 1.19 bits per heavy atom. The standard InChI is InChI=1S/C19H14ClFN2O3S/c20-18-14(3-1-9-22-18)19(25)26-11-16(24)23-17(15-4-2-10-27-15)12-5-7-13(21)8-6-12/h1-10,17H,11H2,(H,23,24)/t17-/m1/s1. The molecule has 0 unspecified atom stereocenters. The van der Waals surface area contributed by atoms with E-state index in [1.54, 1.807) is 18.2 Å². The molecule has 1 N–H and O–H groups in total. The van der Waals surface area contributed by atoms with Gasteiger partial charge in [-0.2, -0.15) is 0 Å². The van der Waals surface area contributed by atoms with Gasteiger partial charge in [-0.1, -0.05) is 29.8 Å². The first-order chi connectivity index (χ1) is 13.0. The Kier molecular flexibility index (Phi) is 6.16. The van der Waals surface area contributed by atoms with Crippen LogP contribution in [-0.4, -0.2) is 23.5 Å². The molecule has 0 fully saturated rings. The van der Waals surface area contributed by atoms with E-state index in [1.165, 1.54) is 35.7 Å². The van der Waals surface area contributed by atoms with Crippen LogP contribution in [0.4, 0.5) is 4.39 Å². The van der Waals surface area contributed by atoms with E-state index in [1.807, 2.05) is 17.5 Å². The summed E-state index contributed by atoms with van der Waals surface area (Å²) in [6, 6.07) is 12.1. The molecule has 0 spiro atoms. The summed E-state index contributed by atoms with van der Waals surface area (Å²) < 4.78 is 18.2. The highest BCUT2D eigenvalue weighted by atomic mass is 35.5. The van der Waals surface area contributed by atoms with Crippen LogP contribution in [0.5, 0.6) is 0 Å². The van der Waals surface area contributed by atoms with Crippen LogP contribution in [-0.2, 0) is 9.53 Å². The van der Waals surface area contributed by atoms with Crippen molar-refractivity contribution < 1.29 is 18.7 Å². The summed E-state index contributed by atoms with van der Waals surface area (Å²) in [7, 11) is 0. The number of hydrogen-bond donors (Lipinski definition) is 1. The van der Waals surface area contributed by atoms with E-state index in [2.05, 4.69) is 10.3 Å². The molecule has 0 radical (unpaired) electrons. The summed E-state index contributed by atoms with van der Waals surface area (Å²) >= 11 is 7.29. The van der Waals surface area contributed by atoms with E-state index in [-0.39, 0.29) is 16.5 Å². The third-order valence-electron chi connectivity index (χ3n) is 3.65. The maximum absolute atomic E-state index is 13.2. The van der Waals surface area contributed by atoms with Crippen molar-refractivity contribution in [3.05, 3.63) is 87.1 Å². The molecule has 8 heteroatoms. The van der Waals surface area contributed by atoms with Gasteiger partial charge in [0.15, 0.2) is 6.61 Å². The first kappa shape index (κ1) is 19.0. The number of nitrogens with zero attached hydrogens (tertiary/aromatic N) is 1. The SMILES string of the molecule is O=C(COC(=O)c1cccnc1Cl)N[C@H](c1ccc(F)cc1)c1cccs1. The highest BCUT2D eigenvalue weighted by Gasteiger charge is 2.20. The number of thiophene rings is 1. The van der Waals surface area contributed by atoms with Crippen LogP contribution < -0.4 is 5.32 Å². The van der Waals surface area contributed by atoms with Crippen molar-refractivity contribution in [1.29, 1.82) is 0 Å². The van der Waals surface area contributed by atoms with Gasteiger partial charge in [-0.05, 0) is 41.3 Å². The first-order valence-corrected chi connectivity index (χ1v) is 9.16. The molecule has 0 saturated carbocycles. The number of esters is 1. The number of benzene rings is 1. The molecular formula is C19H14ClFN2O3S. The molecule has 0 aliphatic rings. The zero-order valence-electron chi connectivity index (χ0n) is 13.9. The molecule has 1 aromatic carbocycles. The lowest BCUT2D eigenvalue weighted by atomic mass is 10.1. The van der Waals surface area contributed by atoms with Crippen molar-refractivity contribution in [2.24, 2.45) is 0 Å². The van der Waals surface area contributed by atoms with Gasteiger partial charge in [0.25, 0.3) is 5.91 Å². The fourth-order valence-electron chi connectivity index (χ4n) is 2.38. The van der Waals surface area contributed by atoms with Gasteiger partial charge in [0.2, 0.25) is 0 Å². The average molecular weight is 405 g/mol. The molecule has 2 aromatic heterocycles. The zero-order valence-corrected chi connectivity index (χ0v) is 15.5. The summed E-state index contributed by atoms with van der Waals surface area (Å²) in [5, 5.41) is 4.68. The molecule has 0 aliphatic carbocycles. The van der Waals surface area contributed by atoms with E-state index in [4.69, 9.17) is 16.3 Å². The lowest BCUT2D eigenvalue weighted by Crippen LogP contribution is -2.32. The molecule has 3 aromatic rings. The second-order valence-corrected chi connectivity index (χ2v) is 6.82. The Labute approximate surface area is 163 Å². The van der Waals surface area contributed by atoms with E-state index in [9.17, 15) is 14.0 Å². The fourth-order valence-corrected chi connectivity index (χ4v) is 3.38. The number of aromatic nitrogens is 1. The van der Waals surface area contributed by atoms with Crippen LogP contribution in [0.15, 0.2) is 60.1 Å². The van der Waals surface area contributed by atoms with E-state index >= 15 is 0 Å². The van der Waals surface area contributed by atoms with Crippen molar-refractivity contribution in [2.45, 2.75) is 6.04 Å². The van der Waals surface area contributed by atoms with Gasteiger partial charge in [-0.25, -0.2) is 14.2 Å². The quantitative estimate of drug-likeness (QED) is 0.498. The highest BCUT2D eigenvalue weighted by molar-refractivity contribution is 7.10. The molecule has 3 rings (SSSR count). The normalized spacial score (nSPS) is 11.6. The van der Waals surface area contributed by atoms with Gasteiger partial charge in [0.1, 0.15) is 11.0 Å². The van der Waals surface area contributed by atoms with Gasteiger partial charge >= 0.3 is 5.97 Å². The number of hydrogen-bond acceptors (Lipinski definition) is 5. The number of carbonyl (C=O) groups is 2. The Morgan fingerprint density at radius 2 is 1.96 bits per heavy atom. The van der Waals surface area contributed by atoms with Crippen molar-refractivity contribution in [2.75, 3.05) is 6.61 Å². The lowest BCUT2D eigenvalue weighted by molar-refractivity contribution is -0.124. The Hall–Kier alpha value is -2.77. The minimum absolute atomic E-state index is 0.00526. The molecule has 27 heavy (non-hydrogen) atoms. The van der Waals surface area contributed by atoms with Gasteiger partial charge < -0.3 is 10.1 Å². The Balaban J connectivity index is 1.67. The minimum atomic E-state index is -0.738. The largest absolute Gasteiger partial charge is 0.452 e. The number of halogens is 2. The van der Waals surface area contributed by atoms with Crippen molar-refractivity contribution in [3.63, 3.8) is 0 Å². The second-order valence-electron chi connectivity index (χ2n) is 5.49. The predicted octanol–water partition coefficient (Wildman–Crippen LogP) is 4.00. The topological polar surface area (TPSA) is 68.3 Å². The Bertz CT molecular complexity index is 932. The third-order valence-corrected chi connectivity index (χ3v) is 4.89. The molecule has 0 saturated heterocycles. The van der Waals surface area contributed by atoms with E-state index < -0.39 is 24.5 Å². The molecule has 0 aliphatic heterocycles. The number of rotatable bonds is 6. The molecular weight excluding hydrogens is 391 g/mol. The molecule has 1 atom stereocenters. The molecule has 138 valence electrons. The maximum Gasteiger partial charge on any atom is 0.341 e. The maximum atomic E-state index is 13.2. The molecule has 0 bridgehead atoms. The van der Waals surface area contributed by atoms with Crippen LogP contribution in [0.2, 0.25) is 5.15 Å². The highest BCUT2D eigenvalue weighted by Crippen LogP contribution is 2.26. The smallest absolute Gasteiger partial charge is 0.341 e. The van der Waals surface area contributed by atoms with Crippen molar-refractivity contribution in [3.8, 4) is 0 Å². The van der Waals surface area contributed by atoms with Gasteiger partial charge in [-0.15, -0.1) is 11.3 Å². The summed E-state index contributed by atoms with van der Waals surface area (Å²) in [5.41, 5.74) is 0.800. The molecule has 5 nitrogen and oxygen atoms in total. The summed E-state index contributed by atoms with van der Waals surface area (Å²) in [6.07, 6.45) is 1.44. The molecule has 1 amide bonds. The zero-order chi connectivity index (χ0) is 19.2. The van der Waals surface area contributed by atoms with Crippen molar-refractivity contribution in [1.82, 2.24) is 10.3 Å². The number of amides is 1. The van der Waals surface area contributed by atoms with Gasteiger partial charge in [0, 0.05) is 11.1 Å². The van der Waals surface area contributed by atoms with E-state index in [0.29, 0.717) is 5.56 Å². The summed E-state index contributed by atoms with van der Waals surface area (Å²) in [4.78, 5) is 29.0. The second kappa shape index (κ2) is 8.75. The number of carbonyl (C=O) groups excluding carboxylic acids is 2. The van der Waals surface area contributed by atoms with Crippen LogP contribution in [0, 0.1) is 5.82 Å². The fraction of sp³-hybridized carbons (Fsp3) is 0.105. The average Bonchev–Trinajstić information content (AvgIpc) is 3.20. The van der Waals surface area contributed by atoms with Crippen LogP contribution >= 0.6 is 22.9 Å². The minimum Gasteiger partial charge on any atom is -0.452 e. The van der Waals surface area contributed by atoms with Crippen LogP contribution in [0.25, 0.3) is 0 Å². The third kappa shape index (κ3) is 4.90. The summed E-state index contributed by atoms with van der Waals surface area (Å²) in [5.74, 6) is -1.60. The van der Waals surface area contributed by atoms with Gasteiger partial charge in [0.05, 0.1) is 11.6 Å². The first-order valence-electron chi connectivity index (χ1n) is 7.90. The van der Waals surface area contributed by atoms with Crippen molar-refractivity contribution >= 4 is 34.8 Å². The lowest BCUT2D eigenvalue weighted by Gasteiger charge is -2.18. The monoisotopic (exact) mass is 404 g/mol. The van der Waals surface area contributed by atoms with Gasteiger partial charge in [-0.3, -0.25) is 4.79 Å².